The van der Waals surface area contributed by atoms with E-state index in [1.165, 1.54) is 6.33 Å². The van der Waals surface area contributed by atoms with Gasteiger partial charge < -0.3 is 4.74 Å². The Labute approximate surface area is 101 Å². The van der Waals surface area contributed by atoms with E-state index in [1.54, 1.807) is 11.8 Å². The molecular formula is C12H19N3O2. The van der Waals surface area contributed by atoms with Crippen LogP contribution in [0.1, 0.15) is 32.0 Å². The minimum absolute atomic E-state index is 0.125. The molecule has 1 saturated carbocycles. The van der Waals surface area contributed by atoms with E-state index in [4.69, 9.17) is 4.74 Å². The van der Waals surface area contributed by atoms with Crippen molar-refractivity contribution in [2.45, 2.75) is 45.3 Å². The Morgan fingerprint density at radius 3 is 3.00 bits per heavy atom. The molecule has 1 fully saturated rings. The van der Waals surface area contributed by atoms with E-state index >= 15 is 0 Å². The van der Waals surface area contributed by atoms with Crippen molar-refractivity contribution < 1.29 is 9.53 Å². The molecule has 0 radical (unpaired) electrons. The summed E-state index contributed by atoms with van der Waals surface area (Å²) in [7, 11) is 1.61. The topological polar surface area (TPSA) is 57.0 Å². The number of hydrogen-bond donors (Lipinski definition) is 0. The highest BCUT2D eigenvalue weighted by Crippen LogP contribution is 2.34. The zero-order valence-corrected chi connectivity index (χ0v) is 10.4. The predicted molar refractivity (Wildman–Crippen MR) is 62.5 cm³/mol. The third-order valence-electron chi connectivity index (χ3n) is 3.08. The maximum absolute atomic E-state index is 12.1. The molecule has 17 heavy (non-hydrogen) atoms. The molecule has 1 unspecified atom stereocenters. The average Bonchev–Trinajstić information content (AvgIpc) is 3.04. The summed E-state index contributed by atoms with van der Waals surface area (Å²) >= 11 is 0. The number of Topliss-reactive ketones (excluding diaryl/α,β-unsaturated/α-hetero) is 1. The van der Waals surface area contributed by atoms with Crippen LogP contribution in [-0.4, -0.2) is 33.8 Å². The number of aromatic nitrogens is 3. The lowest BCUT2D eigenvalue weighted by Crippen LogP contribution is -2.28. The van der Waals surface area contributed by atoms with Gasteiger partial charge in [-0.2, -0.15) is 5.10 Å². The minimum Gasteiger partial charge on any atom is -0.373 e. The summed E-state index contributed by atoms with van der Waals surface area (Å²) in [4.78, 5) is 16.2. The summed E-state index contributed by atoms with van der Waals surface area (Å²) in [5, 5.41) is 4.12. The van der Waals surface area contributed by atoms with E-state index in [-0.39, 0.29) is 11.9 Å². The minimum atomic E-state index is -0.248. The number of methoxy groups -OCH3 is 1. The maximum Gasteiger partial charge on any atom is 0.169 e. The van der Waals surface area contributed by atoms with Crippen LogP contribution in [0.5, 0.6) is 0 Å². The molecule has 1 aliphatic carbocycles. The monoisotopic (exact) mass is 237 g/mol. The number of carbonyl (C=O) groups is 1. The molecule has 94 valence electrons. The number of carbonyl (C=O) groups excluding carboxylic acids is 1. The predicted octanol–water partition coefficient (Wildman–Crippen LogP) is 1.22. The Hall–Kier alpha value is -1.23. The van der Waals surface area contributed by atoms with Gasteiger partial charge in [-0.25, -0.2) is 9.67 Å². The molecule has 0 saturated heterocycles. The van der Waals surface area contributed by atoms with Crippen LogP contribution in [0.4, 0.5) is 0 Å². The molecule has 1 aromatic heterocycles. The standard InChI is InChI=1S/C12H19N3O2/c1-3-6-15-11(13-8-14-15)7-10(16)12(17-2)9-4-5-9/h8-9,12H,3-7H2,1-2H3. The van der Waals surface area contributed by atoms with Crippen molar-refractivity contribution in [3.8, 4) is 0 Å². The number of aryl methyl sites for hydroxylation is 1. The van der Waals surface area contributed by atoms with E-state index in [0.29, 0.717) is 12.3 Å². The lowest BCUT2D eigenvalue weighted by Gasteiger charge is -2.12. The Bertz CT molecular complexity index is 385. The third kappa shape index (κ3) is 2.91. The Morgan fingerprint density at radius 1 is 1.65 bits per heavy atom. The van der Waals surface area contributed by atoms with E-state index in [2.05, 4.69) is 17.0 Å². The number of rotatable bonds is 7. The maximum atomic E-state index is 12.1. The normalized spacial score (nSPS) is 17.1. The van der Waals surface area contributed by atoms with Crippen LogP contribution >= 0.6 is 0 Å². The first-order chi connectivity index (χ1) is 8.26. The van der Waals surface area contributed by atoms with Gasteiger partial charge in [0.25, 0.3) is 0 Å². The quantitative estimate of drug-likeness (QED) is 0.715. The van der Waals surface area contributed by atoms with Crippen molar-refractivity contribution in [3.05, 3.63) is 12.2 Å². The van der Waals surface area contributed by atoms with Crippen molar-refractivity contribution in [1.82, 2.24) is 14.8 Å². The van der Waals surface area contributed by atoms with Crippen LogP contribution in [0, 0.1) is 5.92 Å². The van der Waals surface area contributed by atoms with Crippen LogP contribution in [0.25, 0.3) is 0 Å². The number of ether oxygens (including phenoxy) is 1. The second-order valence-electron chi connectivity index (χ2n) is 4.54. The Balaban J connectivity index is 1.98. The van der Waals surface area contributed by atoms with Crippen LogP contribution in [0.2, 0.25) is 0 Å². The summed E-state index contributed by atoms with van der Waals surface area (Å²) in [6.45, 7) is 2.89. The summed E-state index contributed by atoms with van der Waals surface area (Å²) in [6, 6.07) is 0. The molecule has 0 spiro atoms. The van der Waals surface area contributed by atoms with Gasteiger partial charge in [-0.1, -0.05) is 6.92 Å². The van der Waals surface area contributed by atoms with Gasteiger partial charge in [-0.05, 0) is 25.2 Å². The van der Waals surface area contributed by atoms with Gasteiger partial charge in [0.1, 0.15) is 18.3 Å². The molecule has 5 heteroatoms. The van der Waals surface area contributed by atoms with Crippen LogP contribution < -0.4 is 0 Å². The number of nitrogens with zero attached hydrogens (tertiary/aromatic N) is 3. The fraction of sp³-hybridized carbons (Fsp3) is 0.750. The van der Waals surface area contributed by atoms with Crippen molar-refractivity contribution in [2.24, 2.45) is 5.92 Å². The van der Waals surface area contributed by atoms with Crippen molar-refractivity contribution in [2.75, 3.05) is 7.11 Å². The molecule has 5 nitrogen and oxygen atoms in total. The highest BCUT2D eigenvalue weighted by molar-refractivity contribution is 5.85. The largest absolute Gasteiger partial charge is 0.373 e. The molecule has 0 N–H and O–H groups in total. The van der Waals surface area contributed by atoms with Gasteiger partial charge in [0, 0.05) is 13.7 Å². The third-order valence-corrected chi connectivity index (χ3v) is 3.08. The first-order valence-corrected chi connectivity index (χ1v) is 6.18. The fourth-order valence-electron chi connectivity index (χ4n) is 2.07. The summed E-state index contributed by atoms with van der Waals surface area (Å²) < 4.78 is 7.08. The molecule has 0 amide bonds. The van der Waals surface area contributed by atoms with Crippen molar-refractivity contribution >= 4 is 5.78 Å². The van der Waals surface area contributed by atoms with Gasteiger partial charge in [0.15, 0.2) is 5.78 Å². The van der Waals surface area contributed by atoms with Gasteiger partial charge >= 0.3 is 0 Å². The molecule has 1 aromatic rings. The smallest absolute Gasteiger partial charge is 0.169 e. The lowest BCUT2D eigenvalue weighted by molar-refractivity contribution is -0.129. The molecule has 1 heterocycles. The van der Waals surface area contributed by atoms with E-state index in [0.717, 1.165) is 31.6 Å². The van der Waals surface area contributed by atoms with Crippen LogP contribution in [0.15, 0.2) is 6.33 Å². The molecule has 0 aromatic carbocycles. The highest BCUT2D eigenvalue weighted by atomic mass is 16.5. The number of hydrogen-bond acceptors (Lipinski definition) is 4. The molecule has 1 atom stereocenters. The van der Waals surface area contributed by atoms with E-state index in [9.17, 15) is 4.79 Å². The average molecular weight is 237 g/mol. The van der Waals surface area contributed by atoms with Crippen LogP contribution in [-0.2, 0) is 22.5 Å². The molecule has 2 rings (SSSR count). The van der Waals surface area contributed by atoms with Gasteiger partial charge in [0.2, 0.25) is 0 Å². The highest BCUT2D eigenvalue weighted by Gasteiger charge is 2.36. The van der Waals surface area contributed by atoms with E-state index < -0.39 is 0 Å². The second-order valence-corrected chi connectivity index (χ2v) is 4.54. The number of ketones is 1. The first kappa shape index (κ1) is 12.2. The Morgan fingerprint density at radius 2 is 2.41 bits per heavy atom. The lowest BCUT2D eigenvalue weighted by atomic mass is 10.1. The van der Waals surface area contributed by atoms with Crippen molar-refractivity contribution in [1.29, 1.82) is 0 Å². The summed E-state index contributed by atoms with van der Waals surface area (Å²) in [5.41, 5.74) is 0. The molecular weight excluding hydrogens is 218 g/mol. The van der Waals surface area contributed by atoms with Gasteiger partial charge in [0.05, 0.1) is 6.42 Å². The van der Waals surface area contributed by atoms with Crippen molar-refractivity contribution in [3.63, 3.8) is 0 Å². The molecule has 0 aliphatic heterocycles. The van der Waals surface area contributed by atoms with E-state index in [1.807, 2.05) is 0 Å². The van der Waals surface area contributed by atoms with Gasteiger partial charge in [-0.3, -0.25) is 4.79 Å². The first-order valence-electron chi connectivity index (χ1n) is 6.18. The zero-order valence-electron chi connectivity index (χ0n) is 10.4. The summed E-state index contributed by atoms with van der Waals surface area (Å²) in [6.07, 6.45) is 4.78. The zero-order chi connectivity index (χ0) is 12.3. The molecule has 0 bridgehead atoms. The fourth-order valence-corrected chi connectivity index (χ4v) is 2.07. The molecule has 1 aliphatic rings. The second kappa shape index (κ2) is 5.40. The Kier molecular flexibility index (Phi) is 3.89. The van der Waals surface area contributed by atoms with Gasteiger partial charge in [-0.15, -0.1) is 0 Å². The van der Waals surface area contributed by atoms with Crippen LogP contribution in [0.3, 0.4) is 0 Å². The summed E-state index contributed by atoms with van der Waals surface area (Å²) in [5.74, 6) is 1.30. The SMILES string of the molecule is CCCn1ncnc1CC(=O)C(OC)C1CC1.